The van der Waals surface area contributed by atoms with E-state index in [-0.39, 0.29) is 0 Å². The zero-order chi connectivity index (χ0) is 19.2. The average molecular weight is 373 g/mol. The van der Waals surface area contributed by atoms with Gasteiger partial charge in [-0.1, -0.05) is 18.2 Å². The Morgan fingerprint density at radius 2 is 1.61 bits per heavy atom. The number of benzene rings is 2. The molecule has 0 atom stereocenters. The van der Waals surface area contributed by atoms with Gasteiger partial charge in [0, 0.05) is 5.69 Å². The van der Waals surface area contributed by atoms with Crippen LogP contribution in [0.2, 0.25) is 0 Å². The second-order valence-corrected chi connectivity index (χ2v) is 5.98. The van der Waals surface area contributed by atoms with Crippen LogP contribution in [0.4, 0.5) is 23.0 Å². The van der Waals surface area contributed by atoms with Gasteiger partial charge in [-0.2, -0.15) is 0 Å². The van der Waals surface area contributed by atoms with Gasteiger partial charge in [0.15, 0.2) is 11.6 Å². The minimum absolute atomic E-state index is 0.429. The molecule has 0 unspecified atom stereocenters. The van der Waals surface area contributed by atoms with E-state index in [4.69, 9.17) is 14.9 Å². The molecule has 4 aromatic rings. The fraction of sp³-hybridized carbons (Fsp3) is 0.0476. The summed E-state index contributed by atoms with van der Waals surface area (Å²) in [4.78, 5) is 8.42. The Morgan fingerprint density at radius 1 is 0.857 bits per heavy atom. The topological polar surface area (TPSA) is 98.2 Å². The first kappa shape index (κ1) is 17.4. The van der Waals surface area contributed by atoms with Gasteiger partial charge in [-0.3, -0.25) is 0 Å². The fourth-order valence-corrected chi connectivity index (χ4v) is 2.59. The summed E-state index contributed by atoms with van der Waals surface area (Å²) in [6, 6.07) is 20.9. The standard InChI is InChI=1S/C21H19N5O2/c22-19-20(23-13-18-7-4-12-27-18)24-14-25-21(19)26-15-8-10-17(11-9-15)28-16-5-2-1-3-6-16/h1-12,14H,13,22H2,(H2,23,24,25,26). The Bertz CT molecular complexity index is 1020. The first-order valence-corrected chi connectivity index (χ1v) is 8.74. The number of para-hydroxylation sites is 1. The summed E-state index contributed by atoms with van der Waals surface area (Å²) in [5.74, 6) is 3.39. The van der Waals surface area contributed by atoms with Crippen LogP contribution in [0.25, 0.3) is 0 Å². The number of aromatic nitrogens is 2. The predicted octanol–water partition coefficient (Wildman–Crippen LogP) is 4.80. The molecule has 0 saturated heterocycles. The first-order chi connectivity index (χ1) is 13.8. The fourth-order valence-electron chi connectivity index (χ4n) is 2.59. The molecule has 7 nitrogen and oxygen atoms in total. The number of hydrogen-bond donors (Lipinski definition) is 3. The van der Waals surface area contributed by atoms with Crippen LogP contribution in [0.3, 0.4) is 0 Å². The van der Waals surface area contributed by atoms with E-state index >= 15 is 0 Å². The Hall–Kier alpha value is -4.00. The Kier molecular flexibility index (Phi) is 5.06. The quantitative estimate of drug-likeness (QED) is 0.428. The number of furan rings is 1. The maximum Gasteiger partial charge on any atom is 0.159 e. The second-order valence-electron chi connectivity index (χ2n) is 5.98. The van der Waals surface area contributed by atoms with E-state index in [0.29, 0.717) is 23.9 Å². The van der Waals surface area contributed by atoms with Crippen LogP contribution in [0, 0.1) is 0 Å². The number of anilines is 4. The van der Waals surface area contributed by atoms with E-state index in [1.807, 2.05) is 66.7 Å². The largest absolute Gasteiger partial charge is 0.467 e. The molecule has 0 bridgehead atoms. The Labute approximate surface area is 162 Å². The molecule has 2 aromatic carbocycles. The second kappa shape index (κ2) is 8.13. The molecule has 7 heteroatoms. The highest BCUT2D eigenvalue weighted by Crippen LogP contribution is 2.28. The van der Waals surface area contributed by atoms with Gasteiger partial charge in [0.2, 0.25) is 0 Å². The zero-order valence-corrected chi connectivity index (χ0v) is 15.0. The number of nitrogen functional groups attached to an aromatic ring is 1. The van der Waals surface area contributed by atoms with Crippen LogP contribution in [0.1, 0.15) is 5.76 Å². The molecule has 0 aliphatic heterocycles. The van der Waals surface area contributed by atoms with Gasteiger partial charge in [0.05, 0.1) is 12.8 Å². The van der Waals surface area contributed by atoms with Gasteiger partial charge in [-0.05, 0) is 48.5 Å². The highest BCUT2D eigenvalue weighted by molar-refractivity contribution is 5.77. The van der Waals surface area contributed by atoms with Crippen molar-refractivity contribution in [2.45, 2.75) is 6.54 Å². The monoisotopic (exact) mass is 373 g/mol. The summed E-state index contributed by atoms with van der Waals surface area (Å²) in [6.07, 6.45) is 3.08. The summed E-state index contributed by atoms with van der Waals surface area (Å²) in [6.45, 7) is 0.485. The zero-order valence-electron chi connectivity index (χ0n) is 15.0. The summed E-state index contributed by atoms with van der Waals surface area (Å²) in [5.41, 5.74) is 7.46. The van der Waals surface area contributed by atoms with E-state index in [0.717, 1.165) is 22.9 Å². The van der Waals surface area contributed by atoms with Crippen molar-refractivity contribution in [1.29, 1.82) is 0 Å². The SMILES string of the molecule is Nc1c(NCc2ccco2)ncnc1Nc1ccc(Oc2ccccc2)cc1. The lowest BCUT2D eigenvalue weighted by Gasteiger charge is -2.12. The third kappa shape index (κ3) is 4.21. The normalized spacial score (nSPS) is 10.4. The predicted molar refractivity (Wildman–Crippen MR) is 109 cm³/mol. The van der Waals surface area contributed by atoms with Crippen LogP contribution < -0.4 is 21.1 Å². The Balaban J connectivity index is 1.43. The summed E-state index contributed by atoms with van der Waals surface area (Å²) >= 11 is 0. The van der Waals surface area contributed by atoms with Crippen molar-refractivity contribution < 1.29 is 9.15 Å². The molecule has 140 valence electrons. The van der Waals surface area contributed by atoms with Crippen molar-refractivity contribution in [3.8, 4) is 11.5 Å². The molecule has 0 aliphatic rings. The van der Waals surface area contributed by atoms with Crippen LogP contribution in [-0.2, 0) is 6.54 Å². The molecule has 4 rings (SSSR count). The van der Waals surface area contributed by atoms with Crippen molar-refractivity contribution in [3.63, 3.8) is 0 Å². The molecule has 0 radical (unpaired) electrons. The number of nitrogens with one attached hydrogen (secondary N) is 2. The highest BCUT2D eigenvalue weighted by atomic mass is 16.5. The van der Waals surface area contributed by atoms with Crippen LogP contribution >= 0.6 is 0 Å². The van der Waals surface area contributed by atoms with Crippen molar-refractivity contribution in [3.05, 3.63) is 85.1 Å². The number of ether oxygens (including phenoxy) is 1. The molecule has 0 saturated carbocycles. The van der Waals surface area contributed by atoms with Crippen molar-refractivity contribution in [1.82, 2.24) is 9.97 Å². The molecule has 0 aliphatic carbocycles. The minimum atomic E-state index is 0.429. The van der Waals surface area contributed by atoms with Gasteiger partial charge in [-0.15, -0.1) is 0 Å². The van der Waals surface area contributed by atoms with E-state index in [1.165, 1.54) is 6.33 Å². The lowest BCUT2D eigenvalue weighted by Crippen LogP contribution is -2.07. The van der Waals surface area contributed by atoms with Gasteiger partial charge >= 0.3 is 0 Å². The lowest BCUT2D eigenvalue weighted by molar-refractivity contribution is 0.483. The van der Waals surface area contributed by atoms with E-state index < -0.39 is 0 Å². The molecule has 2 heterocycles. The van der Waals surface area contributed by atoms with Crippen LogP contribution in [0.5, 0.6) is 11.5 Å². The van der Waals surface area contributed by atoms with Crippen LogP contribution in [0.15, 0.2) is 83.7 Å². The lowest BCUT2D eigenvalue weighted by atomic mass is 10.3. The average Bonchev–Trinajstić information content (AvgIpc) is 3.25. The summed E-state index contributed by atoms with van der Waals surface area (Å²) < 4.78 is 11.1. The molecule has 0 spiro atoms. The van der Waals surface area contributed by atoms with E-state index in [2.05, 4.69) is 20.6 Å². The van der Waals surface area contributed by atoms with Gasteiger partial charge in [-0.25, -0.2) is 9.97 Å². The minimum Gasteiger partial charge on any atom is -0.467 e. The molecule has 0 fully saturated rings. The van der Waals surface area contributed by atoms with Crippen molar-refractivity contribution in [2.75, 3.05) is 16.4 Å². The van der Waals surface area contributed by atoms with E-state index in [1.54, 1.807) is 6.26 Å². The number of hydrogen-bond acceptors (Lipinski definition) is 7. The third-order valence-corrected chi connectivity index (χ3v) is 3.99. The van der Waals surface area contributed by atoms with Crippen LogP contribution in [-0.4, -0.2) is 9.97 Å². The van der Waals surface area contributed by atoms with Gasteiger partial charge in [0.1, 0.15) is 29.3 Å². The summed E-state index contributed by atoms with van der Waals surface area (Å²) in [5, 5.41) is 6.35. The van der Waals surface area contributed by atoms with Crippen molar-refractivity contribution in [2.24, 2.45) is 0 Å². The molecule has 4 N–H and O–H groups in total. The van der Waals surface area contributed by atoms with Crippen molar-refractivity contribution >= 4 is 23.0 Å². The highest BCUT2D eigenvalue weighted by Gasteiger charge is 2.09. The van der Waals surface area contributed by atoms with Gasteiger partial charge < -0.3 is 25.5 Å². The number of rotatable bonds is 7. The number of nitrogens with two attached hydrogens (primary N) is 1. The molecular formula is C21H19N5O2. The molecule has 0 amide bonds. The van der Waals surface area contributed by atoms with Gasteiger partial charge in [0.25, 0.3) is 0 Å². The smallest absolute Gasteiger partial charge is 0.159 e. The summed E-state index contributed by atoms with van der Waals surface area (Å²) in [7, 11) is 0. The third-order valence-electron chi connectivity index (χ3n) is 3.99. The maximum absolute atomic E-state index is 6.20. The van der Waals surface area contributed by atoms with E-state index in [9.17, 15) is 0 Å². The molecule has 2 aromatic heterocycles. The Morgan fingerprint density at radius 3 is 2.36 bits per heavy atom. The first-order valence-electron chi connectivity index (χ1n) is 8.74. The maximum atomic E-state index is 6.20. The number of nitrogens with zero attached hydrogens (tertiary/aromatic N) is 2. The molecule has 28 heavy (non-hydrogen) atoms. The molecular weight excluding hydrogens is 354 g/mol.